The summed E-state index contributed by atoms with van der Waals surface area (Å²) in [5.74, 6) is -0.239. The highest BCUT2D eigenvalue weighted by Gasteiger charge is 2.10. The van der Waals surface area contributed by atoms with E-state index in [4.69, 9.17) is 5.11 Å². The molecule has 0 atom stereocenters. The van der Waals surface area contributed by atoms with E-state index in [1.54, 1.807) is 0 Å². The summed E-state index contributed by atoms with van der Waals surface area (Å²) in [6, 6.07) is 0. The molecule has 1 amide bonds. The van der Waals surface area contributed by atoms with Gasteiger partial charge in [-0.15, -0.1) is 0 Å². The van der Waals surface area contributed by atoms with Gasteiger partial charge in [0.05, 0.1) is 4.92 Å². The van der Waals surface area contributed by atoms with Gasteiger partial charge in [0.1, 0.15) is 18.9 Å². The maximum absolute atomic E-state index is 11.4. The van der Waals surface area contributed by atoms with E-state index in [1.807, 2.05) is 0 Å². The van der Waals surface area contributed by atoms with Crippen molar-refractivity contribution in [1.82, 2.24) is 15.1 Å². The van der Waals surface area contributed by atoms with Crippen LogP contribution in [0.15, 0.2) is 12.4 Å². The first-order valence-electron chi connectivity index (χ1n) is 5.68. The number of carbonyl (C=O) groups is 1. The van der Waals surface area contributed by atoms with Crippen LogP contribution in [0, 0.1) is 10.1 Å². The first-order chi connectivity index (χ1) is 8.63. The van der Waals surface area contributed by atoms with Crippen molar-refractivity contribution in [2.45, 2.75) is 25.8 Å². The molecule has 0 saturated carbocycles. The number of rotatable bonds is 8. The third-order valence-corrected chi connectivity index (χ3v) is 2.29. The lowest BCUT2D eigenvalue weighted by molar-refractivity contribution is -0.385. The fourth-order valence-corrected chi connectivity index (χ4v) is 1.38. The molecule has 0 bridgehead atoms. The number of aromatic nitrogens is 2. The van der Waals surface area contributed by atoms with Crippen molar-refractivity contribution in [2.24, 2.45) is 0 Å². The molecule has 8 nitrogen and oxygen atoms in total. The lowest BCUT2D eigenvalue weighted by Gasteiger charge is -2.04. The summed E-state index contributed by atoms with van der Waals surface area (Å²) in [6.07, 6.45) is 4.69. The Morgan fingerprint density at radius 2 is 2.28 bits per heavy atom. The fraction of sp³-hybridized carbons (Fsp3) is 0.600. The summed E-state index contributed by atoms with van der Waals surface area (Å²) in [7, 11) is 0. The molecule has 1 aromatic heterocycles. The van der Waals surface area contributed by atoms with Crippen LogP contribution in [0.1, 0.15) is 19.3 Å². The zero-order valence-electron chi connectivity index (χ0n) is 9.91. The Morgan fingerprint density at radius 3 is 2.89 bits per heavy atom. The Morgan fingerprint density at radius 1 is 1.50 bits per heavy atom. The van der Waals surface area contributed by atoms with Crippen LogP contribution in [0.4, 0.5) is 5.69 Å². The van der Waals surface area contributed by atoms with Gasteiger partial charge < -0.3 is 10.4 Å². The normalized spacial score (nSPS) is 10.3. The van der Waals surface area contributed by atoms with Crippen LogP contribution in [0.2, 0.25) is 0 Å². The molecule has 0 aliphatic heterocycles. The van der Waals surface area contributed by atoms with Gasteiger partial charge in [0, 0.05) is 13.2 Å². The van der Waals surface area contributed by atoms with Crippen molar-refractivity contribution in [3.05, 3.63) is 22.5 Å². The van der Waals surface area contributed by atoms with Crippen molar-refractivity contribution in [3.63, 3.8) is 0 Å². The van der Waals surface area contributed by atoms with Gasteiger partial charge in [-0.05, 0) is 19.3 Å². The second-order valence-corrected chi connectivity index (χ2v) is 3.79. The molecule has 1 rings (SSSR count). The maximum atomic E-state index is 11.4. The molecular formula is C10H16N4O4. The number of carbonyl (C=O) groups excluding carboxylic acids is 1. The topological polar surface area (TPSA) is 110 Å². The second kappa shape index (κ2) is 7.38. The Labute approximate surface area is 104 Å². The molecule has 1 aromatic rings. The molecule has 0 spiro atoms. The van der Waals surface area contributed by atoms with Gasteiger partial charge in [0.2, 0.25) is 5.91 Å². The smallest absolute Gasteiger partial charge is 0.307 e. The van der Waals surface area contributed by atoms with Crippen molar-refractivity contribution in [3.8, 4) is 0 Å². The molecule has 0 aliphatic rings. The highest BCUT2D eigenvalue weighted by molar-refractivity contribution is 5.75. The number of aliphatic hydroxyl groups excluding tert-OH is 1. The average Bonchev–Trinajstić information content (AvgIpc) is 2.77. The van der Waals surface area contributed by atoms with E-state index in [-0.39, 0.29) is 24.7 Å². The monoisotopic (exact) mass is 256 g/mol. The zero-order chi connectivity index (χ0) is 13.4. The molecule has 0 aromatic carbocycles. The first-order valence-corrected chi connectivity index (χ1v) is 5.68. The number of aliphatic hydroxyl groups is 1. The molecule has 8 heteroatoms. The predicted octanol–water partition coefficient (Wildman–Crippen LogP) is 0.0701. The molecule has 1 heterocycles. The number of nitrogens with one attached hydrogen (secondary N) is 1. The summed E-state index contributed by atoms with van der Waals surface area (Å²) in [5.41, 5.74) is -0.134. The van der Waals surface area contributed by atoms with Crippen LogP contribution >= 0.6 is 0 Å². The SMILES string of the molecule is O=C(Cn1cc([N+](=O)[O-])cn1)NCCCCCO. The van der Waals surface area contributed by atoms with Crippen LogP contribution in [0.25, 0.3) is 0 Å². The number of nitrogens with zero attached hydrogens (tertiary/aromatic N) is 3. The van der Waals surface area contributed by atoms with Gasteiger partial charge in [0.25, 0.3) is 0 Å². The van der Waals surface area contributed by atoms with Crippen molar-refractivity contribution >= 4 is 11.6 Å². The van der Waals surface area contributed by atoms with Gasteiger partial charge in [-0.1, -0.05) is 0 Å². The Kier molecular flexibility index (Phi) is 5.78. The van der Waals surface area contributed by atoms with Gasteiger partial charge in [-0.2, -0.15) is 5.10 Å². The highest BCUT2D eigenvalue weighted by Crippen LogP contribution is 2.07. The molecule has 0 unspecified atom stereocenters. The lowest BCUT2D eigenvalue weighted by Crippen LogP contribution is -2.28. The summed E-state index contributed by atoms with van der Waals surface area (Å²) in [4.78, 5) is 21.3. The minimum Gasteiger partial charge on any atom is -0.396 e. The van der Waals surface area contributed by atoms with Crippen LogP contribution in [0.3, 0.4) is 0 Å². The average molecular weight is 256 g/mol. The minimum absolute atomic E-state index is 0.0339. The minimum atomic E-state index is -0.559. The van der Waals surface area contributed by atoms with Gasteiger partial charge in [0.15, 0.2) is 0 Å². The second-order valence-electron chi connectivity index (χ2n) is 3.79. The van der Waals surface area contributed by atoms with E-state index in [0.29, 0.717) is 6.54 Å². The van der Waals surface area contributed by atoms with Crippen LogP contribution in [-0.4, -0.2) is 38.9 Å². The number of nitro groups is 1. The van der Waals surface area contributed by atoms with Gasteiger partial charge in [-0.25, -0.2) is 0 Å². The first kappa shape index (κ1) is 14.1. The number of unbranched alkanes of at least 4 members (excludes halogenated alkanes) is 2. The van der Waals surface area contributed by atoms with Crippen molar-refractivity contribution in [1.29, 1.82) is 0 Å². The van der Waals surface area contributed by atoms with E-state index in [0.717, 1.165) is 25.5 Å². The van der Waals surface area contributed by atoms with E-state index >= 15 is 0 Å². The molecule has 0 fully saturated rings. The largest absolute Gasteiger partial charge is 0.396 e. The van der Waals surface area contributed by atoms with Crippen molar-refractivity contribution in [2.75, 3.05) is 13.2 Å². The van der Waals surface area contributed by atoms with Crippen LogP contribution in [0.5, 0.6) is 0 Å². The Balaban J connectivity index is 2.24. The third-order valence-electron chi connectivity index (χ3n) is 2.29. The fourth-order valence-electron chi connectivity index (χ4n) is 1.38. The Hall–Kier alpha value is -1.96. The van der Waals surface area contributed by atoms with E-state index < -0.39 is 4.92 Å². The van der Waals surface area contributed by atoms with Gasteiger partial charge in [-0.3, -0.25) is 19.6 Å². The quantitative estimate of drug-likeness (QED) is 0.388. The molecule has 0 aliphatic carbocycles. The number of amides is 1. The van der Waals surface area contributed by atoms with Gasteiger partial charge >= 0.3 is 5.69 Å². The predicted molar refractivity (Wildman–Crippen MR) is 62.8 cm³/mol. The maximum Gasteiger partial charge on any atom is 0.307 e. The van der Waals surface area contributed by atoms with Crippen molar-refractivity contribution < 1.29 is 14.8 Å². The number of hydrogen-bond acceptors (Lipinski definition) is 5. The van der Waals surface area contributed by atoms with Crippen LogP contribution in [-0.2, 0) is 11.3 Å². The zero-order valence-corrected chi connectivity index (χ0v) is 9.91. The third kappa shape index (κ3) is 4.91. The lowest BCUT2D eigenvalue weighted by atomic mass is 10.2. The Bertz CT molecular complexity index is 404. The summed E-state index contributed by atoms with van der Waals surface area (Å²) >= 11 is 0. The van der Waals surface area contributed by atoms with Crippen LogP contribution < -0.4 is 5.32 Å². The summed E-state index contributed by atoms with van der Waals surface area (Å²) in [6.45, 7) is 0.654. The van der Waals surface area contributed by atoms with E-state index in [2.05, 4.69) is 10.4 Å². The molecule has 0 radical (unpaired) electrons. The molecular weight excluding hydrogens is 240 g/mol. The standard InChI is InChI=1S/C10H16N4O4/c15-5-3-1-2-4-11-10(16)8-13-7-9(6-12-13)14(17)18/h6-7,15H,1-5,8H2,(H,11,16). The van der Waals surface area contributed by atoms with E-state index in [1.165, 1.54) is 10.9 Å². The molecule has 18 heavy (non-hydrogen) atoms. The molecule has 0 saturated heterocycles. The highest BCUT2D eigenvalue weighted by atomic mass is 16.6. The summed E-state index contributed by atoms with van der Waals surface area (Å²) in [5, 5.41) is 25.4. The molecule has 2 N–H and O–H groups in total. The summed E-state index contributed by atoms with van der Waals surface area (Å²) < 4.78 is 1.22. The number of hydrogen-bond donors (Lipinski definition) is 2. The molecule has 100 valence electrons. The van der Waals surface area contributed by atoms with E-state index in [9.17, 15) is 14.9 Å².